The van der Waals surface area contributed by atoms with Crippen molar-refractivity contribution >= 4 is 0 Å². The van der Waals surface area contributed by atoms with Crippen LogP contribution in [-0.2, 0) is 0 Å². The summed E-state index contributed by atoms with van der Waals surface area (Å²) < 4.78 is 36.6. The zero-order valence-corrected chi connectivity index (χ0v) is 5.81. The van der Waals surface area contributed by atoms with Crippen LogP contribution in [0.15, 0.2) is 12.4 Å². The molecule has 11 heavy (non-hydrogen) atoms. The molecule has 1 heterocycles. The topological polar surface area (TPSA) is 12.9 Å². The normalized spacial score (nSPS) is 10.6. The van der Waals surface area contributed by atoms with E-state index in [2.05, 4.69) is 4.98 Å². The predicted octanol–water partition coefficient (Wildman–Crippen LogP) is 2.47. The van der Waals surface area contributed by atoms with Crippen LogP contribution in [0, 0.1) is 12.7 Å². The lowest BCUT2D eigenvalue weighted by Gasteiger charge is -2.01. The van der Waals surface area contributed by atoms with Crippen molar-refractivity contribution in [3.63, 3.8) is 0 Å². The molecule has 0 aromatic carbocycles. The van der Waals surface area contributed by atoms with Crippen LogP contribution in [0.2, 0.25) is 0 Å². The maximum Gasteiger partial charge on any atom is 0.268 e. The number of halogens is 3. The molecule has 0 bridgehead atoms. The molecule has 1 aromatic rings. The molecule has 0 saturated heterocycles. The summed E-state index contributed by atoms with van der Waals surface area (Å²) in [4.78, 5) is 3.45. The van der Waals surface area contributed by atoms with E-state index in [0.717, 1.165) is 6.20 Å². The number of hydrogen-bond donors (Lipinski definition) is 0. The van der Waals surface area contributed by atoms with E-state index in [1.165, 1.54) is 13.1 Å². The summed E-state index contributed by atoms with van der Waals surface area (Å²) in [7, 11) is 0. The summed E-state index contributed by atoms with van der Waals surface area (Å²) in [5.74, 6) is -0.866. The number of alkyl halides is 2. The highest BCUT2D eigenvalue weighted by Crippen LogP contribution is 2.22. The fourth-order valence-corrected chi connectivity index (χ4v) is 0.723. The van der Waals surface area contributed by atoms with E-state index in [4.69, 9.17) is 0 Å². The Kier molecular flexibility index (Phi) is 2.12. The lowest BCUT2D eigenvalue weighted by atomic mass is 10.2. The van der Waals surface area contributed by atoms with E-state index < -0.39 is 17.8 Å². The molecule has 1 rings (SSSR count). The first-order valence-electron chi connectivity index (χ1n) is 3.01. The van der Waals surface area contributed by atoms with E-state index >= 15 is 0 Å². The number of aryl methyl sites for hydroxylation is 1. The Labute approximate surface area is 61.9 Å². The summed E-state index contributed by atoms with van der Waals surface area (Å²) in [6.45, 7) is 1.40. The first kappa shape index (κ1) is 8.04. The highest BCUT2D eigenvalue weighted by Gasteiger charge is 2.14. The van der Waals surface area contributed by atoms with Crippen molar-refractivity contribution in [1.82, 2.24) is 4.98 Å². The van der Waals surface area contributed by atoms with Crippen LogP contribution in [-0.4, -0.2) is 4.98 Å². The third-order valence-corrected chi connectivity index (χ3v) is 1.32. The van der Waals surface area contributed by atoms with Gasteiger partial charge in [0.15, 0.2) is 0 Å². The third-order valence-electron chi connectivity index (χ3n) is 1.32. The van der Waals surface area contributed by atoms with E-state index in [1.807, 2.05) is 0 Å². The van der Waals surface area contributed by atoms with Crippen LogP contribution >= 0.6 is 0 Å². The van der Waals surface area contributed by atoms with Crippen LogP contribution in [0.1, 0.15) is 17.6 Å². The molecule has 0 aliphatic heterocycles. The second-order valence-corrected chi connectivity index (χ2v) is 2.16. The fourth-order valence-electron chi connectivity index (χ4n) is 0.723. The molecule has 4 heteroatoms. The van der Waals surface area contributed by atoms with Crippen LogP contribution in [0.3, 0.4) is 0 Å². The van der Waals surface area contributed by atoms with E-state index in [1.54, 1.807) is 0 Å². The number of pyridine rings is 1. The Morgan fingerprint density at radius 1 is 1.36 bits per heavy atom. The zero-order valence-electron chi connectivity index (χ0n) is 5.81. The summed E-state index contributed by atoms with van der Waals surface area (Å²) in [6.07, 6.45) is -0.740. The van der Waals surface area contributed by atoms with Gasteiger partial charge < -0.3 is 0 Å². The molecule has 60 valence electrons. The summed E-state index contributed by atoms with van der Waals surface area (Å²) in [5, 5.41) is 0. The molecule has 0 unspecified atom stereocenters. The second kappa shape index (κ2) is 2.90. The summed E-state index contributed by atoms with van der Waals surface area (Å²) in [5.41, 5.74) is -0.493. The molecule has 0 aliphatic carbocycles. The van der Waals surface area contributed by atoms with Gasteiger partial charge in [-0.05, 0) is 6.92 Å². The molecule has 0 aliphatic rings. The van der Waals surface area contributed by atoms with Crippen LogP contribution < -0.4 is 0 Å². The number of rotatable bonds is 1. The average Bonchev–Trinajstić information content (AvgIpc) is 1.94. The standard InChI is InChI=1S/C7H6F3N/c1-4-2-11-3-5(6(4)8)7(9)10/h2-3,7H,1H3. The Bertz CT molecular complexity index is 260. The van der Waals surface area contributed by atoms with Gasteiger partial charge in [-0.15, -0.1) is 0 Å². The highest BCUT2D eigenvalue weighted by atomic mass is 19.3. The van der Waals surface area contributed by atoms with Gasteiger partial charge in [0.1, 0.15) is 5.82 Å². The monoisotopic (exact) mass is 161 g/mol. The SMILES string of the molecule is Cc1cncc(C(F)F)c1F. The summed E-state index contributed by atoms with van der Waals surface area (Å²) in [6, 6.07) is 0. The van der Waals surface area contributed by atoms with Gasteiger partial charge in [0.2, 0.25) is 0 Å². The van der Waals surface area contributed by atoms with Gasteiger partial charge >= 0.3 is 0 Å². The average molecular weight is 161 g/mol. The van der Waals surface area contributed by atoms with Crippen LogP contribution in [0.25, 0.3) is 0 Å². The summed E-state index contributed by atoms with van der Waals surface area (Å²) >= 11 is 0. The molecule has 0 amide bonds. The maximum absolute atomic E-state index is 12.7. The van der Waals surface area contributed by atoms with Crippen molar-refractivity contribution in [3.05, 3.63) is 29.3 Å². The molecular formula is C7H6F3N. The molecule has 0 atom stereocenters. The second-order valence-electron chi connectivity index (χ2n) is 2.16. The zero-order chi connectivity index (χ0) is 8.43. The van der Waals surface area contributed by atoms with Crippen molar-refractivity contribution in [2.24, 2.45) is 0 Å². The van der Waals surface area contributed by atoms with E-state index in [9.17, 15) is 13.2 Å². The first-order valence-corrected chi connectivity index (χ1v) is 3.01. The largest absolute Gasteiger partial charge is 0.268 e. The first-order chi connectivity index (χ1) is 5.13. The molecule has 1 aromatic heterocycles. The van der Waals surface area contributed by atoms with Crippen molar-refractivity contribution < 1.29 is 13.2 Å². The Morgan fingerprint density at radius 2 is 2.00 bits per heavy atom. The van der Waals surface area contributed by atoms with Gasteiger partial charge in [0, 0.05) is 18.0 Å². The number of hydrogen-bond acceptors (Lipinski definition) is 1. The lowest BCUT2D eigenvalue weighted by Crippen LogP contribution is -1.94. The number of nitrogens with zero attached hydrogens (tertiary/aromatic N) is 1. The molecule has 0 spiro atoms. The quantitative estimate of drug-likeness (QED) is 0.616. The van der Waals surface area contributed by atoms with E-state index in [-0.39, 0.29) is 5.56 Å². The smallest absolute Gasteiger partial charge is 0.264 e. The molecule has 0 saturated carbocycles. The minimum absolute atomic E-state index is 0.141. The van der Waals surface area contributed by atoms with Crippen LogP contribution in [0.4, 0.5) is 13.2 Å². The maximum atomic E-state index is 12.7. The van der Waals surface area contributed by atoms with Gasteiger partial charge in [0.05, 0.1) is 5.56 Å². The Balaban J connectivity index is 3.17. The van der Waals surface area contributed by atoms with Gasteiger partial charge in [-0.3, -0.25) is 4.98 Å². The van der Waals surface area contributed by atoms with Crippen LogP contribution in [0.5, 0.6) is 0 Å². The fraction of sp³-hybridized carbons (Fsp3) is 0.286. The van der Waals surface area contributed by atoms with Gasteiger partial charge in [0.25, 0.3) is 6.43 Å². The molecule has 0 N–H and O–H groups in total. The van der Waals surface area contributed by atoms with Crippen molar-refractivity contribution in [3.8, 4) is 0 Å². The molecule has 0 radical (unpaired) electrons. The number of aromatic nitrogens is 1. The third kappa shape index (κ3) is 1.50. The lowest BCUT2D eigenvalue weighted by molar-refractivity contribution is 0.145. The van der Waals surface area contributed by atoms with Gasteiger partial charge in [-0.25, -0.2) is 13.2 Å². The minimum atomic E-state index is -2.79. The highest BCUT2D eigenvalue weighted by molar-refractivity contribution is 5.20. The van der Waals surface area contributed by atoms with Crippen molar-refractivity contribution in [2.75, 3.05) is 0 Å². The predicted molar refractivity (Wildman–Crippen MR) is 33.9 cm³/mol. The van der Waals surface area contributed by atoms with Gasteiger partial charge in [-0.2, -0.15) is 0 Å². The van der Waals surface area contributed by atoms with E-state index in [0.29, 0.717) is 0 Å². The minimum Gasteiger partial charge on any atom is -0.264 e. The molecular weight excluding hydrogens is 155 g/mol. The van der Waals surface area contributed by atoms with Gasteiger partial charge in [-0.1, -0.05) is 0 Å². The Morgan fingerprint density at radius 3 is 2.45 bits per heavy atom. The van der Waals surface area contributed by atoms with Crippen molar-refractivity contribution in [1.29, 1.82) is 0 Å². The molecule has 0 fully saturated rings. The van der Waals surface area contributed by atoms with Crippen molar-refractivity contribution in [2.45, 2.75) is 13.3 Å². The molecule has 1 nitrogen and oxygen atoms in total. The Hall–Kier alpha value is -1.06.